The third-order valence-corrected chi connectivity index (χ3v) is 7.81. The number of nitrogens with two attached hydrogens (primary N) is 1. The van der Waals surface area contributed by atoms with Crippen molar-refractivity contribution in [3.05, 3.63) is 30.0 Å². The molecule has 1 aliphatic rings. The molecule has 2 heterocycles. The van der Waals surface area contributed by atoms with Crippen molar-refractivity contribution in [2.75, 3.05) is 12.9 Å². The van der Waals surface area contributed by atoms with Gasteiger partial charge in [-0.2, -0.15) is 0 Å². The fraction of sp³-hybridized carbons (Fsp3) is 0.500. The maximum atomic E-state index is 12.2. The van der Waals surface area contributed by atoms with Crippen LogP contribution in [-0.4, -0.2) is 41.1 Å². The third kappa shape index (κ3) is 5.68. The van der Waals surface area contributed by atoms with Crippen molar-refractivity contribution in [1.29, 1.82) is 0 Å². The zero-order valence-electron chi connectivity index (χ0n) is 15.9. The van der Waals surface area contributed by atoms with Crippen LogP contribution in [0.3, 0.4) is 0 Å². The van der Waals surface area contributed by atoms with Crippen LogP contribution in [-0.2, 0) is 20.7 Å². The number of rotatable bonds is 9. The average Bonchev–Trinajstić information content (AvgIpc) is 3.35. The number of esters is 2. The van der Waals surface area contributed by atoms with Gasteiger partial charge in [-0.05, 0) is 43.0 Å². The lowest BCUT2D eigenvalue weighted by atomic mass is 10.1. The molecule has 2 unspecified atom stereocenters. The highest BCUT2D eigenvalue weighted by Crippen LogP contribution is 2.39. The molecule has 3 rings (SSSR count). The third-order valence-electron chi connectivity index (χ3n) is 4.80. The van der Waals surface area contributed by atoms with Crippen LogP contribution in [0.5, 0.6) is 5.75 Å². The predicted molar refractivity (Wildman–Crippen MR) is 115 cm³/mol. The number of methoxy groups -OCH3 is 1. The fourth-order valence-corrected chi connectivity index (χ4v) is 6.28. The smallest absolute Gasteiger partial charge is 0.322 e. The van der Waals surface area contributed by atoms with E-state index in [2.05, 4.69) is 9.72 Å². The molecule has 6 nitrogen and oxygen atoms in total. The molecule has 0 aliphatic carbocycles. The number of hydrogen-bond donors (Lipinski definition) is 2. The molecular formula is C20H26N2O4S2. The molecule has 0 amide bonds. The van der Waals surface area contributed by atoms with Gasteiger partial charge < -0.3 is 20.2 Å². The van der Waals surface area contributed by atoms with Crippen molar-refractivity contribution in [3.63, 3.8) is 0 Å². The van der Waals surface area contributed by atoms with E-state index in [9.17, 15) is 9.59 Å². The van der Waals surface area contributed by atoms with Crippen molar-refractivity contribution in [1.82, 2.24) is 4.98 Å². The van der Waals surface area contributed by atoms with E-state index in [-0.39, 0.29) is 5.97 Å². The van der Waals surface area contributed by atoms with Crippen LogP contribution >= 0.6 is 21.6 Å². The van der Waals surface area contributed by atoms with Crippen molar-refractivity contribution < 1.29 is 19.1 Å². The summed E-state index contributed by atoms with van der Waals surface area (Å²) in [6.07, 6.45) is 6.95. The van der Waals surface area contributed by atoms with Gasteiger partial charge in [0.15, 0.2) is 0 Å². The number of carbonyl (C=O) groups is 2. The topological polar surface area (TPSA) is 94.4 Å². The standard InChI is InChI=1S/C20H26N2O4S2/c1-25-20(24)17(21)10-13-12-22-18-7-6-14(11-16(13)18)26-19(23)5-3-2-4-15-8-9-27-28-15/h6-7,11-12,15,17,22H,2-5,8-10,21H2,1H3. The molecule has 28 heavy (non-hydrogen) atoms. The van der Waals surface area contributed by atoms with Crippen LogP contribution in [0.15, 0.2) is 24.4 Å². The van der Waals surface area contributed by atoms with Crippen molar-refractivity contribution >= 4 is 44.4 Å². The molecule has 1 aromatic heterocycles. The van der Waals surface area contributed by atoms with E-state index in [1.807, 2.05) is 39.9 Å². The van der Waals surface area contributed by atoms with Gasteiger partial charge in [-0.1, -0.05) is 28.0 Å². The molecule has 0 saturated carbocycles. The van der Waals surface area contributed by atoms with E-state index >= 15 is 0 Å². The Hall–Kier alpha value is -1.64. The molecule has 1 aromatic carbocycles. The molecular weight excluding hydrogens is 396 g/mol. The molecule has 0 radical (unpaired) electrons. The molecule has 152 valence electrons. The van der Waals surface area contributed by atoms with Gasteiger partial charge in [0.05, 0.1) is 7.11 Å². The van der Waals surface area contributed by atoms with E-state index in [1.165, 1.54) is 25.7 Å². The lowest BCUT2D eigenvalue weighted by molar-refractivity contribution is -0.142. The second-order valence-electron chi connectivity index (χ2n) is 6.90. The highest BCUT2D eigenvalue weighted by atomic mass is 33.1. The lowest BCUT2D eigenvalue weighted by Crippen LogP contribution is -2.33. The Balaban J connectivity index is 1.53. The van der Waals surface area contributed by atoms with Gasteiger partial charge in [0.2, 0.25) is 0 Å². The van der Waals surface area contributed by atoms with Crippen LogP contribution in [0.2, 0.25) is 0 Å². The van der Waals surface area contributed by atoms with Crippen LogP contribution in [0.1, 0.15) is 37.7 Å². The first-order valence-electron chi connectivity index (χ1n) is 9.49. The number of unbranched alkanes of at least 4 members (excludes halogenated alkanes) is 1. The van der Waals surface area contributed by atoms with E-state index in [1.54, 1.807) is 6.07 Å². The van der Waals surface area contributed by atoms with Gasteiger partial charge >= 0.3 is 11.9 Å². The summed E-state index contributed by atoms with van der Waals surface area (Å²) in [6, 6.07) is 4.72. The summed E-state index contributed by atoms with van der Waals surface area (Å²) in [7, 11) is 5.24. The zero-order valence-corrected chi connectivity index (χ0v) is 17.6. The average molecular weight is 423 g/mol. The summed E-state index contributed by atoms with van der Waals surface area (Å²) < 4.78 is 10.2. The number of aromatic nitrogens is 1. The Labute approximate surface area is 172 Å². The molecule has 2 atom stereocenters. The van der Waals surface area contributed by atoms with Crippen molar-refractivity contribution in [2.24, 2.45) is 5.73 Å². The number of fused-ring (bicyclic) bond motifs is 1. The van der Waals surface area contributed by atoms with Crippen molar-refractivity contribution in [3.8, 4) is 5.75 Å². The van der Waals surface area contributed by atoms with Crippen molar-refractivity contribution in [2.45, 2.75) is 49.8 Å². The number of benzene rings is 1. The van der Waals surface area contributed by atoms with Gasteiger partial charge in [0.1, 0.15) is 11.8 Å². The van der Waals surface area contributed by atoms with Crippen LogP contribution < -0.4 is 10.5 Å². The van der Waals surface area contributed by atoms with E-state index in [0.717, 1.165) is 34.6 Å². The summed E-state index contributed by atoms with van der Waals surface area (Å²) in [4.78, 5) is 26.9. The number of ether oxygens (including phenoxy) is 2. The van der Waals surface area contributed by atoms with Crippen LogP contribution in [0.4, 0.5) is 0 Å². The number of aromatic amines is 1. The first kappa shape index (κ1) is 21.1. The monoisotopic (exact) mass is 422 g/mol. The van der Waals surface area contributed by atoms with Crippen LogP contribution in [0.25, 0.3) is 10.9 Å². The maximum absolute atomic E-state index is 12.2. The largest absolute Gasteiger partial charge is 0.468 e. The van der Waals surface area contributed by atoms with Gasteiger partial charge in [0.25, 0.3) is 0 Å². The van der Waals surface area contributed by atoms with Gasteiger partial charge in [-0.25, -0.2) is 0 Å². The molecule has 8 heteroatoms. The molecule has 0 spiro atoms. The molecule has 1 fully saturated rings. The number of H-pyrrole nitrogens is 1. The Morgan fingerprint density at radius 2 is 2.21 bits per heavy atom. The molecule has 3 N–H and O–H groups in total. The molecule has 1 saturated heterocycles. The second-order valence-corrected chi connectivity index (χ2v) is 9.69. The van der Waals surface area contributed by atoms with Crippen LogP contribution in [0, 0.1) is 0 Å². The Morgan fingerprint density at radius 1 is 1.36 bits per heavy atom. The number of nitrogens with one attached hydrogen (secondary N) is 1. The fourth-order valence-electron chi connectivity index (χ4n) is 3.25. The first-order chi connectivity index (χ1) is 13.6. The molecule has 2 aromatic rings. The van der Waals surface area contributed by atoms with E-state index < -0.39 is 12.0 Å². The lowest BCUT2D eigenvalue weighted by Gasteiger charge is -2.09. The van der Waals surface area contributed by atoms with E-state index in [0.29, 0.717) is 18.6 Å². The Bertz CT molecular complexity index is 818. The molecule has 1 aliphatic heterocycles. The Kier molecular flexibility index (Phi) is 7.70. The predicted octanol–water partition coefficient (Wildman–Crippen LogP) is 3.83. The van der Waals surface area contributed by atoms with Gasteiger partial charge in [-0.15, -0.1) is 0 Å². The summed E-state index contributed by atoms with van der Waals surface area (Å²) in [5, 5.41) is 1.63. The highest BCUT2D eigenvalue weighted by molar-refractivity contribution is 8.77. The van der Waals surface area contributed by atoms with Gasteiger partial charge in [-0.3, -0.25) is 9.59 Å². The minimum atomic E-state index is -0.730. The zero-order chi connectivity index (χ0) is 19.9. The SMILES string of the molecule is COC(=O)C(N)Cc1c[nH]c2ccc(OC(=O)CCCCC3CCSS3)cc12. The summed E-state index contributed by atoms with van der Waals surface area (Å²) in [5.41, 5.74) is 7.65. The quantitative estimate of drug-likeness (QED) is 0.274. The summed E-state index contributed by atoms with van der Waals surface area (Å²) >= 11 is 0. The summed E-state index contributed by atoms with van der Waals surface area (Å²) in [6.45, 7) is 0. The highest BCUT2D eigenvalue weighted by Gasteiger charge is 2.18. The maximum Gasteiger partial charge on any atom is 0.322 e. The first-order valence-corrected chi connectivity index (χ1v) is 11.9. The minimum Gasteiger partial charge on any atom is -0.468 e. The summed E-state index contributed by atoms with van der Waals surface area (Å²) in [5.74, 6) is 1.08. The normalized spacial score (nSPS) is 17.6. The second kappa shape index (κ2) is 10.2. The van der Waals surface area contributed by atoms with Gasteiger partial charge in [0, 0.05) is 40.9 Å². The number of carbonyl (C=O) groups excluding carboxylic acids is 2. The number of hydrogen-bond acceptors (Lipinski definition) is 7. The minimum absolute atomic E-state index is 0.212. The Morgan fingerprint density at radius 3 is 2.96 bits per heavy atom. The van der Waals surface area contributed by atoms with E-state index in [4.69, 9.17) is 10.5 Å². The molecule has 0 bridgehead atoms.